The Hall–Kier alpha value is -2.19. The van der Waals surface area contributed by atoms with E-state index < -0.39 is 0 Å². The number of carbonyl (C=O) groups is 1. The topological polar surface area (TPSA) is 62.1 Å². The minimum absolute atomic E-state index is 0.0727. The number of hydrogen-bond donors (Lipinski definition) is 1. The van der Waals surface area contributed by atoms with Gasteiger partial charge in [0.15, 0.2) is 5.78 Å². The maximum atomic E-state index is 13.1. The number of nitrogens with one attached hydrogen (secondary N) is 1. The quantitative estimate of drug-likeness (QED) is 0.662. The fourth-order valence-corrected chi connectivity index (χ4v) is 5.09. The third-order valence-corrected chi connectivity index (χ3v) is 6.42. The normalized spacial score (nSPS) is 21.1. The number of Topliss-reactive ketones (excluding diaryl/α,β-unsaturated/α-hetero) is 1. The van der Waals surface area contributed by atoms with Gasteiger partial charge in [0.1, 0.15) is 5.75 Å². The number of rotatable bonds is 6. The highest BCUT2D eigenvalue weighted by Gasteiger charge is 2.41. The standard InChI is InChI=1S/C23H28N2O2S/c1-5-6-11-28-22-17(14-24)20(15-7-9-16(27-4)10-8-15)21-18(25-22)12-23(2,3)13-19(21)26/h7-10,20,25H,5-6,11-13H2,1-4H3. The van der Waals surface area contributed by atoms with E-state index in [4.69, 9.17) is 4.74 Å². The lowest BCUT2D eigenvalue weighted by Crippen LogP contribution is -2.36. The highest BCUT2D eigenvalue weighted by Crippen LogP contribution is 2.48. The summed E-state index contributed by atoms with van der Waals surface area (Å²) in [6.07, 6.45) is 3.54. The van der Waals surface area contributed by atoms with Crippen molar-refractivity contribution in [2.45, 2.75) is 52.4 Å². The number of ketones is 1. The minimum Gasteiger partial charge on any atom is -0.497 e. The molecule has 0 spiro atoms. The highest BCUT2D eigenvalue weighted by molar-refractivity contribution is 8.03. The zero-order chi connectivity index (χ0) is 20.3. The zero-order valence-corrected chi connectivity index (χ0v) is 17.9. The minimum atomic E-state index is -0.306. The van der Waals surface area contributed by atoms with Gasteiger partial charge in [-0.15, -0.1) is 11.8 Å². The number of allylic oxidation sites excluding steroid dienone is 3. The van der Waals surface area contributed by atoms with Crippen LogP contribution < -0.4 is 10.1 Å². The second-order valence-electron chi connectivity index (χ2n) is 8.22. The van der Waals surface area contributed by atoms with Crippen LogP contribution in [0.4, 0.5) is 0 Å². The molecule has 28 heavy (non-hydrogen) atoms. The number of methoxy groups -OCH3 is 1. The molecule has 3 rings (SSSR count). The first kappa shape index (κ1) is 20.5. The van der Waals surface area contributed by atoms with Crippen LogP contribution in [0.15, 0.2) is 46.1 Å². The van der Waals surface area contributed by atoms with E-state index in [1.54, 1.807) is 18.9 Å². The molecule has 0 bridgehead atoms. The Labute approximate surface area is 172 Å². The number of unbranched alkanes of at least 4 members (excludes halogenated alkanes) is 1. The van der Waals surface area contributed by atoms with E-state index in [-0.39, 0.29) is 17.1 Å². The van der Waals surface area contributed by atoms with Gasteiger partial charge in [-0.05, 0) is 41.7 Å². The molecule has 0 saturated carbocycles. The number of ether oxygens (including phenoxy) is 1. The molecule has 1 N–H and O–H groups in total. The Morgan fingerprint density at radius 3 is 2.61 bits per heavy atom. The van der Waals surface area contributed by atoms with Crippen molar-refractivity contribution in [1.29, 1.82) is 5.26 Å². The molecule has 1 heterocycles. The summed E-state index contributed by atoms with van der Waals surface area (Å²) < 4.78 is 5.28. The number of hydrogen-bond acceptors (Lipinski definition) is 5. The second kappa shape index (κ2) is 8.45. The van der Waals surface area contributed by atoms with Gasteiger partial charge in [0.2, 0.25) is 0 Å². The van der Waals surface area contributed by atoms with E-state index in [1.807, 2.05) is 24.3 Å². The van der Waals surface area contributed by atoms with E-state index in [0.29, 0.717) is 12.0 Å². The van der Waals surface area contributed by atoms with Crippen LogP contribution >= 0.6 is 11.8 Å². The average molecular weight is 397 g/mol. The van der Waals surface area contributed by atoms with Crippen molar-refractivity contribution in [1.82, 2.24) is 5.32 Å². The predicted octanol–water partition coefficient (Wildman–Crippen LogP) is 5.29. The molecule has 1 unspecified atom stereocenters. The van der Waals surface area contributed by atoms with Gasteiger partial charge in [0.25, 0.3) is 0 Å². The average Bonchev–Trinajstić information content (AvgIpc) is 2.66. The maximum Gasteiger partial charge on any atom is 0.162 e. The van der Waals surface area contributed by atoms with E-state index in [2.05, 4.69) is 32.2 Å². The van der Waals surface area contributed by atoms with Crippen molar-refractivity contribution < 1.29 is 9.53 Å². The number of thioether (sulfide) groups is 1. The molecule has 2 aliphatic rings. The Bertz CT molecular complexity index is 860. The molecule has 5 heteroatoms. The van der Waals surface area contributed by atoms with Crippen molar-refractivity contribution in [3.63, 3.8) is 0 Å². The molecule has 4 nitrogen and oxygen atoms in total. The van der Waals surface area contributed by atoms with Crippen LogP contribution in [0.2, 0.25) is 0 Å². The highest BCUT2D eigenvalue weighted by atomic mass is 32.2. The van der Waals surface area contributed by atoms with Gasteiger partial charge in [-0.25, -0.2) is 0 Å². The summed E-state index contributed by atoms with van der Waals surface area (Å²) in [6, 6.07) is 10.1. The fourth-order valence-electron chi connectivity index (χ4n) is 3.94. The molecule has 0 radical (unpaired) electrons. The smallest absolute Gasteiger partial charge is 0.162 e. The molecular weight excluding hydrogens is 368 g/mol. The van der Waals surface area contributed by atoms with Crippen molar-refractivity contribution >= 4 is 17.5 Å². The summed E-state index contributed by atoms with van der Waals surface area (Å²) in [4.78, 5) is 13.1. The van der Waals surface area contributed by atoms with Crippen LogP contribution in [0.3, 0.4) is 0 Å². The Morgan fingerprint density at radius 1 is 1.29 bits per heavy atom. The SMILES string of the molecule is CCCCSC1=C(C#N)C(c2ccc(OC)cc2)C2=C(CC(C)(C)CC2=O)N1. The van der Waals surface area contributed by atoms with Crippen LogP contribution in [0.5, 0.6) is 5.75 Å². The van der Waals surface area contributed by atoms with Gasteiger partial charge >= 0.3 is 0 Å². The van der Waals surface area contributed by atoms with Crippen LogP contribution in [-0.2, 0) is 4.79 Å². The lowest BCUT2D eigenvalue weighted by Gasteiger charge is -2.39. The molecular formula is C23H28N2O2S. The van der Waals surface area contributed by atoms with Gasteiger partial charge in [-0.3, -0.25) is 4.79 Å². The monoisotopic (exact) mass is 396 g/mol. The van der Waals surface area contributed by atoms with E-state index in [1.165, 1.54) is 0 Å². The number of benzene rings is 1. The molecule has 1 aliphatic heterocycles. The first-order chi connectivity index (χ1) is 13.4. The maximum absolute atomic E-state index is 13.1. The number of dihydropyridines is 1. The van der Waals surface area contributed by atoms with Crippen molar-refractivity contribution in [3.8, 4) is 11.8 Å². The molecule has 0 fully saturated rings. The van der Waals surface area contributed by atoms with Gasteiger partial charge in [0, 0.05) is 17.7 Å². The molecule has 148 valence electrons. The molecule has 1 aliphatic carbocycles. The first-order valence-corrected chi connectivity index (χ1v) is 10.8. The lowest BCUT2D eigenvalue weighted by atomic mass is 9.69. The van der Waals surface area contributed by atoms with Crippen molar-refractivity contribution in [2.24, 2.45) is 5.41 Å². The summed E-state index contributed by atoms with van der Waals surface area (Å²) in [6.45, 7) is 6.43. The van der Waals surface area contributed by atoms with Crippen LogP contribution in [-0.4, -0.2) is 18.6 Å². The van der Waals surface area contributed by atoms with Gasteiger partial charge < -0.3 is 10.1 Å². The van der Waals surface area contributed by atoms with Gasteiger partial charge in [-0.1, -0.05) is 39.3 Å². The second-order valence-corrected chi connectivity index (χ2v) is 9.33. The molecule has 1 aromatic carbocycles. The Balaban J connectivity index is 2.09. The van der Waals surface area contributed by atoms with E-state index in [0.717, 1.165) is 52.6 Å². The Kier molecular flexibility index (Phi) is 6.20. The molecule has 0 amide bonds. The predicted molar refractivity (Wildman–Crippen MR) is 114 cm³/mol. The molecule has 0 saturated heterocycles. The van der Waals surface area contributed by atoms with E-state index >= 15 is 0 Å². The first-order valence-electron chi connectivity index (χ1n) is 9.84. The summed E-state index contributed by atoms with van der Waals surface area (Å²) in [5.74, 6) is 1.56. The van der Waals surface area contributed by atoms with Crippen LogP contribution in [0.25, 0.3) is 0 Å². The van der Waals surface area contributed by atoms with Gasteiger partial charge in [0.05, 0.1) is 29.7 Å². The number of nitriles is 1. The van der Waals surface area contributed by atoms with Crippen LogP contribution in [0.1, 0.15) is 57.9 Å². The molecule has 1 atom stereocenters. The zero-order valence-electron chi connectivity index (χ0n) is 17.1. The number of carbonyl (C=O) groups excluding carboxylic acids is 1. The lowest BCUT2D eigenvalue weighted by molar-refractivity contribution is -0.118. The summed E-state index contributed by atoms with van der Waals surface area (Å²) in [7, 11) is 1.63. The largest absolute Gasteiger partial charge is 0.497 e. The third kappa shape index (κ3) is 4.12. The van der Waals surface area contributed by atoms with Gasteiger partial charge in [-0.2, -0.15) is 5.26 Å². The summed E-state index contributed by atoms with van der Waals surface area (Å²) >= 11 is 1.69. The fraction of sp³-hybridized carbons (Fsp3) is 0.478. The van der Waals surface area contributed by atoms with E-state index in [9.17, 15) is 10.1 Å². The van der Waals surface area contributed by atoms with Crippen molar-refractivity contribution in [2.75, 3.05) is 12.9 Å². The summed E-state index contributed by atoms with van der Waals surface area (Å²) in [5.41, 5.74) is 3.29. The summed E-state index contributed by atoms with van der Waals surface area (Å²) in [5, 5.41) is 14.4. The molecule has 1 aromatic rings. The van der Waals surface area contributed by atoms with Crippen molar-refractivity contribution in [3.05, 3.63) is 51.7 Å². The third-order valence-electron chi connectivity index (χ3n) is 5.32. The molecule has 0 aromatic heterocycles. The number of nitrogens with zero attached hydrogens (tertiary/aromatic N) is 1. The van der Waals surface area contributed by atoms with Crippen LogP contribution in [0, 0.1) is 16.7 Å². The Morgan fingerprint density at radius 2 is 2.00 bits per heavy atom.